The molecule has 0 radical (unpaired) electrons. The summed E-state index contributed by atoms with van der Waals surface area (Å²) in [5, 5.41) is 3.42. The molecule has 3 heteroatoms. The van der Waals surface area contributed by atoms with Gasteiger partial charge in [0.15, 0.2) is 0 Å². The van der Waals surface area contributed by atoms with E-state index in [4.69, 9.17) is 11.6 Å². The Kier molecular flexibility index (Phi) is 5.44. The number of hydrogen-bond acceptors (Lipinski definition) is 1. The van der Waals surface area contributed by atoms with Gasteiger partial charge in [-0.3, -0.25) is 4.79 Å². The van der Waals surface area contributed by atoms with Crippen LogP contribution in [0.4, 0.5) is 0 Å². The second-order valence-electron chi connectivity index (χ2n) is 4.95. The number of halogens is 1. The van der Waals surface area contributed by atoms with Crippen molar-refractivity contribution < 1.29 is 4.79 Å². The molecule has 0 unspecified atom stereocenters. The molecule has 0 aromatic heterocycles. The molecule has 88 valence electrons. The summed E-state index contributed by atoms with van der Waals surface area (Å²) in [6.45, 7) is 4.29. The van der Waals surface area contributed by atoms with Crippen LogP contribution in [-0.4, -0.2) is 17.3 Å². The molecule has 0 bridgehead atoms. The number of hydrogen-bond donors (Lipinski definition) is 1. The molecule has 0 spiro atoms. The minimum absolute atomic E-state index is 0.210. The standard InChI is InChI=1S/C12H22ClNO/c1-9(2)3-8-12(15)14-11-6-4-10(13)5-7-11/h9-11H,3-8H2,1-2H3,(H,14,15). The van der Waals surface area contributed by atoms with Crippen LogP contribution in [0.3, 0.4) is 0 Å². The molecule has 1 N–H and O–H groups in total. The smallest absolute Gasteiger partial charge is 0.220 e. The topological polar surface area (TPSA) is 29.1 Å². The molecule has 2 nitrogen and oxygen atoms in total. The summed E-state index contributed by atoms with van der Waals surface area (Å²) in [4.78, 5) is 11.6. The molecular formula is C12H22ClNO. The highest BCUT2D eigenvalue weighted by molar-refractivity contribution is 6.20. The van der Waals surface area contributed by atoms with Crippen LogP contribution in [0.15, 0.2) is 0 Å². The van der Waals surface area contributed by atoms with Gasteiger partial charge in [0.05, 0.1) is 0 Å². The van der Waals surface area contributed by atoms with Crippen molar-refractivity contribution in [3.63, 3.8) is 0 Å². The lowest BCUT2D eigenvalue weighted by atomic mass is 9.95. The molecule has 0 saturated heterocycles. The molecule has 1 aliphatic rings. The van der Waals surface area contributed by atoms with Crippen molar-refractivity contribution in [2.75, 3.05) is 0 Å². The van der Waals surface area contributed by atoms with E-state index in [9.17, 15) is 4.79 Å². The van der Waals surface area contributed by atoms with Crippen LogP contribution in [0.1, 0.15) is 52.4 Å². The van der Waals surface area contributed by atoms with Gasteiger partial charge in [-0.2, -0.15) is 0 Å². The van der Waals surface area contributed by atoms with Gasteiger partial charge in [-0.25, -0.2) is 0 Å². The van der Waals surface area contributed by atoms with Crippen LogP contribution in [-0.2, 0) is 4.79 Å². The van der Waals surface area contributed by atoms with E-state index >= 15 is 0 Å². The van der Waals surface area contributed by atoms with Gasteiger partial charge < -0.3 is 5.32 Å². The second kappa shape index (κ2) is 6.37. The molecule has 0 aromatic carbocycles. The molecule has 0 heterocycles. The van der Waals surface area contributed by atoms with Crippen LogP contribution in [0.5, 0.6) is 0 Å². The molecule has 1 amide bonds. The highest BCUT2D eigenvalue weighted by atomic mass is 35.5. The van der Waals surface area contributed by atoms with Gasteiger partial charge in [-0.15, -0.1) is 11.6 Å². The van der Waals surface area contributed by atoms with E-state index in [2.05, 4.69) is 19.2 Å². The number of amides is 1. The molecular weight excluding hydrogens is 210 g/mol. The summed E-state index contributed by atoms with van der Waals surface area (Å²) in [6.07, 6.45) is 5.81. The van der Waals surface area contributed by atoms with Gasteiger partial charge in [0.1, 0.15) is 0 Å². The van der Waals surface area contributed by atoms with Crippen molar-refractivity contribution >= 4 is 17.5 Å². The largest absolute Gasteiger partial charge is 0.353 e. The molecule has 1 rings (SSSR count). The summed E-state index contributed by atoms with van der Waals surface area (Å²) in [5.74, 6) is 0.816. The Morgan fingerprint density at radius 1 is 1.33 bits per heavy atom. The molecule has 0 atom stereocenters. The maximum absolute atomic E-state index is 11.6. The summed E-state index contributed by atoms with van der Waals surface area (Å²) in [5.41, 5.74) is 0. The lowest BCUT2D eigenvalue weighted by Gasteiger charge is -2.25. The Morgan fingerprint density at radius 3 is 2.47 bits per heavy atom. The summed E-state index contributed by atoms with van der Waals surface area (Å²) < 4.78 is 0. The third-order valence-corrected chi connectivity index (χ3v) is 3.41. The molecule has 1 saturated carbocycles. The Balaban J connectivity index is 2.15. The summed E-state index contributed by atoms with van der Waals surface area (Å²) in [6, 6.07) is 0.375. The van der Waals surface area contributed by atoms with Crippen LogP contribution < -0.4 is 5.32 Å². The Bertz CT molecular complexity index is 198. The van der Waals surface area contributed by atoms with Crippen LogP contribution >= 0.6 is 11.6 Å². The lowest BCUT2D eigenvalue weighted by Crippen LogP contribution is -2.37. The van der Waals surface area contributed by atoms with Crippen molar-refractivity contribution in [3.8, 4) is 0 Å². The zero-order chi connectivity index (χ0) is 11.3. The predicted molar refractivity (Wildman–Crippen MR) is 64.1 cm³/mol. The van der Waals surface area contributed by atoms with Crippen molar-refractivity contribution in [2.45, 2.75) is 63.8 Å². The number of rotatable bonds is 4. The van der Waals surface area contributed by atoms with E-state index in [1.807, 2.05) is 0 Å². The summed E-state index contributed by atoms with van der Waals surface area (Å²) in [7, 11) is 0. The Hall–Kier alpha value is -0.240. The minimum atomic E-state index is 0.210. The first-order valence-electron chi connectivity index (χ1n) is 6.01. The van der Waals surface area contributed by atoms with Gasteiger partial charge in [0, 0.05) is 17.8 Å². The fourth-order valence-corrected chi connectivity index (χ4v) is 2.17. The fraction of sp³-hybridized carbons (Fsp3) is 0.917. The second-order valence-corrected chi connectivity index (χ2v) is 5.57. The van der Waals surface area contributed by atoms with Crippen LogP contribution in [0.2, 0.25) is 0 Å². The third kappa shape index (κ3) is 5.41. The maximum atomic E-state index is 11.6. The average Bonchev–Trinajstić information content (AvgIpc) is 2.19. The van der Waals surface area contributed by atoms with Crippen molar-refractivity contribution in [2.24, 2.45) is 5.92 Å². The quantitative estimate of drug-likeness (QED) is 0.741. The molecule has 1 aliphatic carbocycles. The first-order chi connectivity index (χ1) is 7.08. The third-order valence-electron chi connectivity index (χ3n) is 2.97. The number of carbonyl (C=O) groups is 1. The highest BCUT2D eigenvalue weighted by Crippen LogP contribution is 2.22. The minimum Gasteiger partial charge on any atom is -0.353 e. The zero-order valence-corrected chi connectivity index (χ0v) is 10.5. The molecule has 1 fully saturated rings. The molecule has 15 heavy (non-hydrogen) atoms. The maximum Gasteiger partial charge on any atom is 0.220 e. The monoisotopic (exact) mass is 231 g/mol. The molecule has 0 aromatic rings. The molecule has 0 aliphatic heterocycles. The van der Waals surface area contributed by atoms with E-state index in [0.29, 0.717) is 23.8 Å². The van der Waals surface area contributed by atoms with E-state index < -0.39 is 0 Å². The van der Waals surface area contributed by atoms with Crippen molar-refractivity contribution in [1.29, 1.82) is 0 Å². The van der Waals surface area contributed by atoms with Crippen molar-refractivity contribution in [1.82, 2.24) is 5.32 Å². The average molecular weight is 232 g/mol. The first-order valence-corrected chi connectivity index (χ1v) is 6.45. The Morgan fingerprint density at radius 2 is 1.93 bits per heavy atom. The van der Waals surface area contributed by atoms with Crippen LogP contribution in [0, 0.1) is 5.92 Å². The summed E-state index contributed by atoms with van der Waals surface area (Å²) >= 11 is 6.01. The number of carbonyl (C=O) groups excluding carboxylic acids is 1. The van der Waals surface area contributed by atoms with E-state index in [-0.39, 0.29) is 5.91 Å². The SMILES string of the molecule is CC(C)CCC(=O)NC1CCC(Cl)CC1. The van der Waals surface area contributed by atoms with E-state index in [1.54, 1.807) is 0 Å². The van der Waals surface area contributed by atoms with Crippen molar-refractivity contribution in [3.05, 3.63) is 0 Å². The van der Waals surface area contributed by atoms with Crippen LogP contribution in [0.25, 0.3) is 0 Å². The highest BCUT2D eigenvalue weighted by Gasteiger charge is 2.20. The fourth-order valence-electron chi connectivity index (χ4n) is 1.92. The first kappa shape index (κ1) is 12.8. The lowest BCUT2D eigenvalue weighted by molar-refractivity contribution is -0.122. The number of nitrogens with one attached hydrogen (secondary N) is 1. The predicted octanol–water partition coefficient (Wildman–Crippen LogP) is 3.09. The normalized spacial score (nSPS) is 26.7. The van der Waals surface area contributed by atoms with Gasteiger partial charge in [-0.1, -0.05) is 13.8 Å². The zero-order valence-electron chi connectivity index (χ0n) is 9.76. The van der Waals surface area contributed by atoms with E-state index in [0.717, 1.165) is 32.1 Å². The van der Waals surface area contributed by atoms with Gasteiger partial charge in [0.25, 0.3) is 0 Å². The van der Waals surface area contributed by atoms with Gasteiger partial charge >= 0.3 is 0 Å². The number of alkyl halides is 1. The Labute approximate surface area is 97.8 Å². The van der Waals surface area contributed by atoms with Gasteiger partial charge in [0.2, 0.25) is 5.91 Å². The van der Waals surface area contributed by atoms with Gasteiger partial charge in [-0.05, 0) is 38.0 Å². The van der Waals surface area contributed by atoms with E-state index in [1.165, 1.54) is 0 Å².